The third-order valence-electron chi connectivity index (χ3n) is 7.81. The maximum absolute atomic E-state index is 13.2. The van der Waals surface area contributed by atoms with Crippen LogP contribution in [0, 0.1) is 0 Å². The van der Waals surface area contributed by atoms with Crippen molar-refractivity contribution in [1.82, 2.24) is 24.5 Å². The molecule has 2 fully saturated rings. The lowest BCUT2D eigenvalue weighted by atomic mass is 9.87. The monoisotopic (exact) mass is 556 g/mol. The number of hydrogen-bond acceptors (Lipinski definition) is 7. The lowest BCUT2D eigenvalue weighted by molar-refractivity contribution is -0.155. The van der Waals surface area contributed by atoms with E-state index in [1.807, 2.05) is 42.5 Å². The molecule has 0 radical (unpaired) electrons. The average Bonchev–Trinajstić information content (AvgIpc) is 3.39. The molecule has 0 spiro atoms. The van der Waals surface area contributed by atoms with Gasteiger partial charge in [-0.15, -0.1) is 0 Å². The van der Waals surface area contributed by atoms with Crippen LogP contribution >= 0.6 is 0 Å². The molecular formula is C27H27F3N6O2S. The molecule has 204 valence electrons. The van der Waals surface area contributed by atoms with E-state index in [0.29, 0.717) is 42.6 Å². The minimum absolute atomic E-state index is 0.0531. The van der Waals surface area contributed by atoms with Gasteiger partial charge in [0.15, 0.2) is 15.5 Å². The fourth-order valence-corrected chi connectivity index (χ4v) is 7.23. The molecule has 0 amide bonds. The molecule has 2 aliphatic rings. The maximum Gasteiger partial charge on any atom is 0.401 e. The Morgan fingerprint density at radius 1 is 1.00 bits per heavy atom. The highest BCUT2D eigenvalue weighted by molar-refractivity contribution is 7.91. The van der Waals surface area contributed by atoms with E-state index >= 15 is 0 Å². The first-order chi connectivity index (χ1) is 18.5. The first-order valence-electron chi connectivity index (χ1n) is 12.7. The van der Waals surface area contributed by atoms with Crippen molar-refractivity contribution in [2.45, 2.75) is 54.8 Å². The van der Waals surface area contributed by atoms with Crippen LogP contribution in [0.3, 0.4) is 0 Å². The molecule has 0 unspecified atom stereocenters. The fourth-order valence-electron chi connectivity index (χ4n) is 6.17. The normalized spacial score (nSPS) is 22.0. The summed E-state index contributed by atoms with van der Waals surface area (Å²) in [7, 11) is -3.81. The minimum Gasteiger partial charge on any atom is -0.382 e. The molecule has 4 aromatic rings. The van der Waals surface area contributed by atoms with E-state index in [2.05, 4.69) is 10.1 Å². The van der Waals surface area contributed by atoms with Gasteiger partial charge in [-0.1, -0.05) is 36.4 Å². The summed E-state index contributed by atoms with van der Waals surface area (Å²) in [5, 5.41) is 4.33. The second-order valence-corrected chi connectivity index (χ2v) is 12.4. The predicted molar refractivity (Wildman–Crippen MR) is 141 cm³/mol. The summed E-state index contributed by atoms with van der Waals surface area (Å²) in [6.07, 6.45) is 2.11. The zero-order valence-corrected chi connectivity index (χ0v) is 22.0. The van der Waals surface area contributed by atoms with Crippen molar-refractivity contribution in [2.24, 2.45) is 0 Å². The van der Waals surface area contributed by atoms with Crippen molar-refractivity contribution in [3.05, 3.63) is 60.6 Å². The Bertz CT molecular complexity index is 1620. The van der Waals surface area contributed by atoms with E-state index in [1.165, 1.54) is 9.42 Å². The van der Waals surface area contributed by atoms with E-state index in [-0.39, 0.29) is 28.7 Å². The van der Waals surface area contributed by atoms with E-state index in [0.717, 1.165) is 23.1 Å². The largest absolute Gasteiger partial charge is 0.401 e. The number of alkyl halides is 3. The highest BCUT2D eigenvalue weighted by Crippen LogP contribution is 2.46. The summed E-state index contributed by atoms with van der Waals surface area (Å²) in [4.78, 5) is 10.8. The van der Waals surface area contributed by atoms with Gasteiger partial charge in [-0.2, -0.15) is 22.8 Å². The van der Waals surface area contributed by atoms with Crippen LogP contribution in [0.25, 0.3) is 28.0 Å². The smallest absolute Gasteiger partial charge is 0.382 e. The van der Waals surface area contributed by atoms with E-state index in [9.17, 15) is 21.6 Å². The molecule has 12 heteroatoms. The Morgan fingerprint density at radius 2 is 1.69 bits per heavy atom. The van der Waals surface area contributed by atoms with Crippen LogP contribution in [0.1, 0.15) is 37.3 Å². The number of fused-ring (bicyclic) bond motifs is 3. The number of aromatic nitrogens is 4. The molecule has 1 aromatic carbocycles. The van der Waals surface area contributed by atoms with Gasteiger partial charge >= 0.3 is 6.18 Å². The lowest BCUT2D eigenvalue weighted by Crippen LogP contribution is -2.47. The van der Waals surface area contributed by atoms with Crippen LogP contribution in [-0.2, 0) is 9.84 Å². The van der Waals surface area contributed by atoms with Crippen LogP contribution in [-0.4, -0.2) is 64.0 Å². The number of anilines is 1. The highest BCUT2D eigenvalue weighted by atomic mass is 32.2. The number of nitrogens with two attached hydrogens (primary N) is 1. The van der Waals surface area contributed by atoms with Gasteiger partial charge in [0.2, 0.25) is 0 Å². The quantitative estimate of drug-likeness (QED) is 0.379. The molecule has 2 aliphatic heterocycles. The van der Waals surface area contributed by atoms with Gasteiger partial charge in [-0.05, 0) is 31.7 Å². The predicted octanol–water partition coefficient (Wildman–Crippen LogP) is 4.72. The van der Waals surface area contributed by atoms with Gasteiger partial charge in [0, 0.05) is 47.1 Å². The Morgan fingerprint density at radius 3 is 2.28 bits per heavy atom. The van der Waals surface area contributed by atoms with Crippen LogP contribution < -0.4 is 5.73 Å². The molecule has 0 saturated carbocycles. The van der Waals surface area contributed by atoms with E-state index < -0.39 is 22.6 Å². The number of nitrogen functional groups attached to an aromatic ring is 1. The molecule has 8 nitrogen and oxygen atoms in total. The van der Waals surface area contributed by atoms with E-state index in [1.54, 1.807) is 12.4 Å². The molecule has 3 aromatic heterocycles. The Balaban J connectivity index is 1.41. The van der Waals surface area contributed by atoms with Crippen molar-refractivity contribution in [1.29, 1.82) is 0 Å². The van der Waals surface area contributed by atoms with Crippen LogP contribution in [0.4, 0.5) is 19.0 Å². The number of pyridine rings is 1. The highest BCUT2D eigenvalue weighted by Gasteiger charge is 2.47. The summed E-state index contributed by atoms with van der Waals surface area (Å²) >= 11 is 0. The summed E-state index contributed by atoms with van der Waals surface area (Å²) in [6.45, 7) is -0.957. The lowest BCUT2D eigenvalue weighted by Gasteiger charge is -2.39. The summed E-state index contributed by atoms with van der Waals surface area (Å²) in [5.74, 6) is -0.395. The number of benzene rings is 1. The summed E-state index contributed by atoms with van der Waals surface area (Å²) < 4.78 is 66.8. The van der Waals surface area contributed by atoms with Crippen molar-refractivity contribution < 1.29 is 21.6 Å². The van der Waals surface area contributed by atoms with Crippen LogP contribution in [0.2, 0.25) is 0 Å². The number of halogens is 3. The molecule has 3 atom stereocenters. The second-order valence-electron chi connectivity index (χ2n) is 10.4. The second kappa shape index (κ2) is 9.30. The molecule has 39 heavy (non-hydrogen) atoms. The van der Waals surface area contributed by atoms with Gasteiger partial charge in [0.1, 0.15) is 10.7 Å². The van der Waals surface area contributed by atoms with Crippen molar-refractivity contribution in [2.75, 3.05) is 18.5 Å². The molecule has 0 aliphatic carbocycles. The SMILES string of the molecule is CS(=O)(=O)c1c([C@H]2C[C@H]3CC[C@@H](C2)N3CC(F)(F)F)nc2c(-c3ccc(-c4ccccc4)nc3)cnn2c1N. The Hall–Kier alpha value is -3.51. The number of piperidine rings is 1. The van der Waals surface area contributed by atoms with Gasteiger partial charge in [-0.25, -0.2) is 13.4 Å². The van der Waals surface area contributed by atoms with Gasteiger partial charge < -0.3 is 5.73 Å². The zero-order chi connectivity index (χ0) is 27.5. The molecule has 6 rings (SSSR count). The number of sulfone groups is 1. The van der Waals surface area contributed by atoms with Gasteiger partial charge in [0.25, 0.3) is 0 Å². The number of hydrogen-bond donors (Lipinski definition) is 1. The van der Waals surface area contributed by atoms with Crippen molar-refractivity contribution in [3.63, 3.8) is 0 Å². The van der Waals surface area contributed by atoms with Crippen molar-refractivity contribution in [3.8, 4) is 22.4 Å². The average molecular weight is 557 g/mol. The summed E-state index contributed by atoms with van der Waals surface area (Å²) in [6, 6.07) is 12.9. The molecule has 2 bridgehead atoms. The first kappa shape index (κ1) is 25.8. The minimum atomic E-state index is -4.29. The van der Waals surface area contributed by atoms with Crippen LogP contribution in [0.15, 0.2) is 59.8 Å². The standard InChI is InChI=1S/C27H27F3N6O2S/c1-39(37,38)24-23(18-11-19-8-9-20(12-18)35(19)15-27(28,29)30)34-26-21(14-33-36(26)25(24)31)17-7-10-22(32-13-17)16-5-3-2-4-6-16/h2-7,10,13-14,18-20H,8-9,11-12,15,31H2,1H3/t18-,19+,20-. The fraction of sp³-hybridized carbons (Fsp3) is 0.370. The molecule has 2 saturated heterocycles. The van der Waals surface area contributed by atoms with Crippen molar-refractivity contribution >= 4 is 21.3 Å². The van der Waals surface area contributed by atoms with Gasteiger partial charge in [-0.3, -0.25) is 9.88 Å². The number of rotatable bonds is 5. The van der Waals surface area contributed by atoms with Crippen LogP contribution in [0.5, 0.6) is 0 Å². The zero-order valence-electron chi connectivity index (χ0n) is 21.1. The summed E-state index contributed by atoms with van der Waals surface area (Å²) in [5.41, 5.74) is 10.2. The Kier molecular flexibility index (Phi) is 6.14. The van der Waals surface area contributed by atoms with E-state index in [4.69, 9.17) is 10.7 Å². The number of nitrogens with zero attached hydrogens (tertiary/aromatic N) is 5. The maximum atomic E-state index is 13.2. The first-order valence-corrected chi connectivity index (χ1v) is 14.6. The molecular weight excluding hydrogens is 529 g/mol. The third kappa shape index (κ3) is 4.76. The topological polar surface area (TPSA) is 106 Å². The van der Waals surface area contributed by atoms with Gasteiger partial charge in [0.05, 0.1) is 24.1 Å². The third-order valence-corrected chi connectivity index (χ3v) is 8.97. The Labute approximate surface area is 223 Å². The molecule has 2 N–H and O–H groups in total. The molecule has 5 heterocycles.